The molecular formula is C29H37N3O3S. The average Bonchev–Trinajstić information content (AvgIpc) is 3.40. The van der Waals surface area contributed by atoms with Crippen molar-refractivity contribution in [1.82, 2.24) is 14.5 Å². The Morgan fingerprint density at radius 3 is 2.50 bits per heavy atom. The van der Waals surface area contributed by atoms with Crippen molar-refractivity contribution in [2.45, 2.75) is 44.8 Å². The van der Waals surface area contributed by atoms with Crippen molar-refractivity contribution in [3.05, 3.63) is 84.4 Å². The van der Waals surface area contributed by atoms with E-state index in [0.29, 0.717) is 24.9 Å². The highest BCUT2D eigenvalue weighted by atomic mass is 32.2. The number of benzene rings is 2. The summed E-state index contributed by atoms with van der Waals surface area (Å²) in [6.07, 6.45) is 8.06. The van der Waals surface area contributed by atoms with Crippen LogP contribution in [0.1, 0.15) is 43.0 Å². The van der Waals surface area contributed by atoms with Crippen LogP contribution in [0.15, 0.2) is 73.1 Å². The van der Waals surface area contributed by atoms with Gasteiger partial charge in [-0.1, -0.05) is 48.5 Å². The van der Waals surface area contributed by atoms with Gasteiger partial charge >= 0.3 is 0 Å². The molecular weight excluding hydrogens is 470 g/mol. The number of nitrogens with zero attached hydrogens (tertiary/aromatic N) is 3. The fourth-order valence-corrected chi connectivity index (χ4v) is 5.20. The summed E-state index contributed by atoms with van der Waals surface area (Å²) in [6, 6.07) is 20.1. The van der Waals surface area contributed by atoms with Crippen molar-refractivity contribution in [2.24, 2.45) is 0 Å². The van der Waals surface area contributed by atoms with Gasteiger partial charge in [0.2, 0.25) is 5.91 Å². The third-order valence-electron chi connectivity index (χ3n) is 6.47. The van der Waals surface area contributed by atoms with Crippen LogP contribution in [-0.2, 0) is 22.7 Å². The van der Waals surface area contributed by atoms with Crippen molar-refractivity contribution >= 4 is 17.7 Å². The summed E-state index contributed by atoms with van der Waals surface area (Å²) in [5.74, 6) is 4.03. The van der Waals surface area contributed by atoms with Crippen molar-refractivity contribution in [2.75, 3.05) is 37.8 Å². The molecule has 192 valence electrons. The zero-order valence-electron chi connectivity index (χ0n) is 21.0. The highest BCUT2D eigenvalue weighted by Gasteiger charge is 2.26. The van der Waals surface area contributed by atoms with E-state index in [9.17, 15) is 4.79 Å². The van der Waals surface area contributed by atoms with E-state index < -0.39 is 0 Å². The number of likely N-dealkylation sites (tertiary alicyclic amines) is 1. The fourth-order valence-electron chi connectivity index (χ4n) is 4.49. The Kier molecular flexibility index (Phi) is 10.7. The van der Waals surface area contributed by atoms with E-state index in [1.165, 1.54) is 11.4 Å². The number of unbranched alkanes of at least 4 members (excludes halogenated alkanes) is 1. The lowest BCUT2D eigenvalue weighted by Crippen LogP contribution is -2.39. The van der Waals surface area contributed by atoms with Crippen molar-refractivity contribution < 1.29 is 14.3 Å². The van der Waals surface area contributed by atoms with E-state index in [1.807, 2.05) is 59.6 Å². The van der Waals surface area contributed by atoms with Gasteiger partial charge in [-0.15, -0.1) is 11.8 Å². The molecule has 0 bridgehead atoms. The first kappa shape index (κ1) is 26.3. The first-order valence-corrected chi connectivity index (χ1v) is 14.1. The minimum Gasteiger partial charge on any atom is -0.493 e. The van der Waals surface area contributed by atoms with E-state index in [2.05, 4.69) is 27.9 Å². The molecule has 0 unspecified atom stereocenters. The third kappa shape index (κ3) is 8.42. The number of rotatable bonds is 14. The molecule has 36 heavy (non-hydrogen) atoms. The summed E-state index contributed by atoms with van der Waals surface area (Å²) < 4.78 is 13.8. The van der Waals surface area contributed by atoms with Gasteiger partial charge in [0, 0.05) is 50.3 Å². The van der Waals surface area contributed by atoms with Gasteiger partial charge in [-0.25, -0.2) is 4.98 Å². The van der Waals surface area contributed by atoms with Gasteiger partial charge in [0.15, 0.2) is 0 Å². The second kappa shape index (κ2) is 14.7. The maximum absolute atomic E-state index is 12.6. The van der Waals surface area contributed by atoms with Crippen LogP contribution in [0, 0.1) is 0 Å². The molecule has 6 nitrogen and oxygen atoms in total. The number of carbonyl (C=O) groups is 1. The molecule has 0 atom stereocenters. The topological polar surface area (TPSA) is 56.6 Å². The number of ether oxygens (including phenoxy) is 2. The molecule has 1 amide bonds. The molecule has 0 spiro atoms. The lowest BCUT2D eigenvalue weighted by atomic mass is 9.96. The summed E-state index contributed by atoms with van der Waals surface area (Å²) in [4.78, 5) is 19.3. The highest BCUT2D eigenvalue weighted by Crippen LogP contribution is 2.27. The fraction of sp³-hybridized carbons (Fsp3) is 0.448. The molecule has 0 aliphatic carbocycles. The van der Waals surface area contributed by atoms with E-state index >= 15 is 0 Å². The number of thioether (sulfide) groups is 1. The molecule has 7 heteroatoms. The van der Waals surface area contributed by atoms with Crippen LogP contribution in [0.2, 0.25) is 0 Å². The monoisotopic (exact) mass is 507 g/mol. The second-order valence-corrected chi connectivity index (χ2v) is 10.2. The van der Waals surface area contributed by atoms with Crippen LogP contribution in [0.5, 0.6) is 5.75 Å². The number of para-hydroxylation sites is 1. The van der Waals surface area contributed by atoms with Crippen molar-refractivity contribution in [1.29, 1.82) is 0 Å². The lowest BCUT2D eigenvalue weighted by Gasteiger charge is -2.32. The number of aromatic nitrogens is 2. The first-order valence-electron chi connectivity index (χ1n) is 13.0. The van der Waals surface area contributed by atoms with E-state index in [4.69, 9.17) is 9.47 Å². The normalized spacial score (nSPS) is 14.2. The van der Waals surface area contributed by atoms with Crippen molar-refractivity contribution in [3.8, 4) is 5.75 Å². The van der Waals surface area contributed by atoms with Crippen LogP contribution in [0.25, 0.3) is 0 Å². The largest absolute Gasteiger partial charge is 0.493 e. The van der Waals surface area contributed by atoms with E-state index in [0.717, 1.165) is 63.4 Å². The quantitative estimate of drug-likeness (QED) is 0.274. The highest BCUT2D eigenvalue weighted by molar-refractivity contribution is 7.99. The van der Waals surface area contributed by atoms with Gasteiger partial charge in [-0.2, -0.15) is 0 Å². The standard InChI is InChI=1S/C29H37N3O3S/c33-28(24-36-22-21-35-27-11-5-2-6-12-27)31-17-13-26(14-18-31)29-30-15-19-32(29)16-7-8-20-34-23-25-9-3-1-4-10-25/h1-6,9-12,15,19,26H,7-8,13-14,16-18,20-24H2. The summed E-state index contributed by atoms with van der Waals surface area (Å²) in [6.45, 7) is 4.65. The molecule has 4 rings (SSSR count). The van der Waals surface area contributed by atoms with Gasteiger partial charge < -0.3 is 18.9 Å². The molecule has 0 N–H and O–H groups in total. The summed E-state index contributed by atoms with van der Waals surface area (Å²) in [5.41, 5.74) is 1.22. The SMILES string of the molecule is O=C(CSCCOc1ccccc1)N1CCC(c2nccn2CCCCOCc2ccccc2)CC1. The molecule has 1 saturated heterocycles. The number of hydrogen-bond donors (Lipinski definition) is 0. The van der Waals surface area contributed by atoms with Crippen LogP contribution in [0.3, 0.4) is 0 Å². The third-order valence-corrected chi connectivity index (χ3v) is 7.38. The van der Waals surface area contributed by atoms with Crippen LogP contribution >= 0.6 is 11.8 Å². The minimum absolute atomic E-state index is 0.233. The molecule has 0 radical (unpaired) electrons. The molecule has 0 saturated carbocycles. The van der Waals surface area contributed by atoms with E-state index in [-0.39, 0.29) is 5.91 Å². The molecule has 3 aromatic rings. The van der Waals surface area contributed by atoms with Gasteiger partial charge in [0.25, 0.3) is 0 Å². The molecule has 1 aliphatic rings. The number of carbonyl (C=O) groups excluding carboxylic acids is 1. The van der Waals surface area contributed by atoms with Crippen LogP contribution in [0.4, 0.5) is 0 Å². The Hall–Kier alpha value is -2.77. The number of piperidine rings is 1. The Labute approximate surface area is 219 Å². The van der Waals surface area contributed by atoms with Crippen molar-refractivity contribution in [3.63, 3.8) is 0 Å². The van der Waals surface area contributed by atoms with Crippen LogP contribution < -0.4 is 4.74 Å². The summed E-state index contributed by atoms with van der Waals surface area (Å²) >= 11 is 1.65. The van der Waals surface area contributed by atoms with Gasteiger partial charge in [0.1, 0.15) is 11.6 Å². The summed E-state index contributed by atoms with van der Waals surface area (Å²) in [5, 5.41) is 0. The molecule has 1 aliphatic heterocycles. The number of amides is 1. The number of imidazole rings is 1. The Bertz CT molecular complexity index is 1020. The Balaban J connectivity index is 1.09. The number of aryl methyl sites for hydroxylation is 1. The van der Waals surface area contributed by atoms with Gasteiger partial charge in [-0.3, -0.25) is 4.79 Å². The maximum atomic E-state index is 12.6. The Morgan fingerprint density at radius 2 is 1.72 bits per heavy atom. The number of hydrogen-bond acceptors (Lipinski definition) is 5. The van der Waals surface area contributed by atoms with Gasteiger partial charge in [0.05, 0.1) is 19.0 Å². The maximum Gasteiger partial charge on any atom is 0.232 e. The smallest absolute Gasteiger partial charge is 0.232 e. The zero-order valence-corrected chi connectivity index (χ0v) is 21.8. The minimum atomic E-state index is 0.233. The second-order valence-electron chi connectivity index (χ2n) is 9.09. The predicted molar refractivity (Wildman–Crippen MR) is 145 cm³/mol. The van der Waals surface area contributed by atoms with Gasteiger partial charge in [-0.05, 0) is 43.4 Å². The molecule has 2 heterocycles. The predicted octanol–water partition coefficient (Wildman–Crippen LogP) is 5.40. The molecule has 1 fully saturated rings. The first-order chi connectivity index (χ1) is 17.8. The van der Waals surface area contributed by atoms with Crippen LogP contribution in [-0.4, -0.2) is 58.2 Å². The average molecular weight is 508 g/mol. The molecule has 1 aromatic heterocycles. The Morgan fingerprint density at radius 1 is 0.972 bits per heavy atom. The lowest BCUT2D eigenvalue weighted by molar-refractivity contribution is -0.129. The summed E-state index contributed by atoms with van der Waals surface area (Å²) in [7, 11) is 0. The van der Waals surface area contributed by atoms with E-state index in [1.54, 1.807) is 11.8 Å². The molecule has 2 aromatic carbocycles. The zero-order chi connectivity index (χ0) is 24.8.